The first-order chi connectivity index (χ1) is 10.1. The van der Waals surface area contributed by atoms with Crippen molar-refractivity contribution >= 4 is 16.9 Å². The second kappa shape index (κ2) is 4.86. The zero-order chi connectivity index (χ0) is 15.0. The number of H-pyrrole nitrogens is 1. The molecule has 0 fully saturated rings. The van der Waals surface area contributed by atoms with Crippen molar-refractivity contribution in [2.24, 2.45) is 0 Å². The number of methoxy groups -OCH3 is 1. The molecule has 0 unspecified atom stereocenters. The van der Waals surface area contributed by atoms with Crippen molar-refractivity contribution in [2.45, 2.75) is 0 Å². The van der Waals surface area contributed by atoms with E-state index in [1.165, 1.54) is 19.2 Å². The molecule has 1 aromatic heterocycles. The van der Waals surface area contributed by atoms with Crippen LogP contribution < -0.4 is 0 Å². The van der Waals surface area contributed by atoms with Crippen LogP contribution in [0.5, 0.6) is 11.5 Å². The largest absolute Gasteiger partial charge is 0.507 e. The van der Waals surface area contributed by atoms with E-state index in [-0.39, 0.29) is 22.6 Å². The van der Waals surface area contributed by atoms with Crippen molar-refractivity contribution in [2.75, 3.05) is 7.11 Å². The highest BCUT2D eigenvalue weighted by Crippen LogP contribution is 2.40. The molecule has 0 saturated carbocycles. The molecule has 106 valence electrons. The van der Waals surface area contributed by atoms with Gasteiger partial charge >= 0.3 is 5.97 Å². The quantitative estimate of drug-likeness (QED) is 0.498. The number of para-hydroxylation sites is 1. The first-order valence-corrected chi connectivity index (χ1v) is 6.33. The average molecular weight is 283 g/mol. The van der Waals surface area contributed by atoms with Gasteiger partial charge in [-0.2, -0.15) is 0 Å². The van der Waals surface area contributed by atoms with Gasteiger partial charge in [0.2, 0.25) is 0 Å². The van der Waals surface area contributed by atoms with Crippen LogP contribution in [0.25, 0.3) is 22.0 Å². The average Bonchev–Trinajstić information content (AvgIpc) is 2.92. The lowest BCUT2D eigenvalue weighted by Gasteiger charge is -2.11. The third kappa shape index (κ3) is 1.99. The van der Waals surface area contributed by atoms with E-state index in [4.69, 9.17) is 4.74 Å². The number of aromatic hydroxyl groups is 2. The van der Waals surface area contributed by atoms with Crippen molar-refractivity contribution in [3.8, 4) is 22.6 Å². The fourth-order valence-corrected chi connectivity index (χ4v) is 2.44. The van der Waals surface area contributed by atoms with Crippen LogP contribution in [0.3, 0.4) is 0 Å². The van der Waals surface area contributed by atoms with Crippen LogP contribution in [0.15, 0.2) is 42.6 Å². The number of aromatic nitrogens is 1. The van der Waals surface area contributed by atoms with Gasteiger partial charge in [0.15, 0.2) is 0 Å². The smallest absolute Gasteiger partial charge is 0.342 e. The van der Waals surface area contributed by atoms with E-state index in [2.05, 4.69) is 4.98 Å². The molecule has 5 nitrogen and oxygen atoms in total. The Morgan fingerprint density at radius 1 is 1.10 bits per heavy atom. The monoisotopic (exact) mass is 283 g/mol. The van der Waals surface area contributed by atoms with Crippen molar-refractivity contribution < 1.29 is 19.7 Å². The van der Waals surface area contributed by atoms with Crippen LogP contribution in [0.2, 0.25) is 0 Å². The predicted molar refractivity (Wildman–Crippen MR) is 78.4 cm³/mol. The number of carbonyl (C=O) groups excluding carboxylic acids is 1. The van der Waals surface area contributed by atoms with Gasteiger partial charge in [-0.15, -0.1) is 0 Å². The summed E-state index contributed by atoms with van der Waals surface area (Å²) in [6.07, 6.45) is 1.69. The van der Waals surface area contributed by atoms with Crippen LogP contribution in [0, 0.1) is 0 Å². The number of phenolic OH excluding ortho intramolecular Hbond substituents is 2. The topological polar surface area (TPSA) is 82.6 Å². The Morgan fingerprint density at radius 2 is 1.81 bits per heavy atom. The number of fused-ring (bicyclic) bond motifs is 1. The minimum absolute atomic E-state index is 0.0535. The number of hydrogen-bond donors (Lipinski definition) is 3. The van der Waals surface area contributed by atoms with Crippen LogP contribution in [-0.4, -0.2) is 28.3 Å². The first-order valence-electron chi connectivity index (χ1n) is 6.33. The lowest BCUT2D eigenvalue weighted by atomic mass is 9.97. The van der Waals surface area contributed by atoms with E-state index in [1.54, 1.807) is 6.20 Å². The molecule has 21 heavy (non-hydrogen) atoms. The number of hydrogen-bond acceptors (Lipinski definition) is 4. The highest BCUT2D eigenvalue weighted by Gasteiger charge is 2.23. The molecule has 0 spiro atoms. The van der Waals surface area contributed by atoms with Gasteiger partial charge in [0.1, 0.15) is 17.1 Å². The normalized spacial score (nSPS) is 10.7. The number of nitrogens with one attached hydrogen (secondary N) is 1. The zero-order valence-corrected chi connectivity index (χ0v) is 11.3. The van der Waals surface area contributed by atoms with Crippen molar-refractivity contribution in [1.82, 2.24) is 4.98 Å². The maximum Gasteiger partial charge on any atom is 0.342 e. The molecule has 3 N–H and O–H groups in total. The zero-order valence-electron chi connectivity index (χ0n) is 11.3. The molecule has 0 atom stereocenters. The van der Waals surface area contributed by atoms with Gasteiger partial charge < -0.3 is 19.9 Å². The van der Waals surface area contributed by atoms with Crippen molar-refractivity contribution in [3.05, 3.63) is 48.2 Å². The number of rotatable bonds is 2. The number of aromatic amines is 1. The van der Waals surface area contributed by atoms with Gasteiger partial charge in [-0.3, -0.25) is 0 Å². The van der Waals surface area contributed by atoms with Crippen LogP contribution in [0.1, 0.15) is 10.4 Å². The van der Waals surface area contributed by atoms with Gasteiger partial charge in [-0.25, -0.2) is 4.79 Å². The molecule has 2 aromatic carbocycles. The molecule has 0 radical (unpaired) electrons. The summed E-state index contributed by atoms with van der Waals surface area (Å²) in [7, 11) is 1.23. The van der Waals surface area contributed by atoms with Crippen LogP contribution in [-0.2, 0) is 4.74 Å². The van der Waals surface area contributed by atoms with E-state index >= 15 is 0 Å². The fourth-order valence-electron chi connectivity index (χ4n) is 2.44. The number of ether oxygens (including phenoxy) is 1. The number of phenols is 2. The summed E-state index contributed by atoms with van der Waals surface area (Å²) in [5, 5.41) is 21.0. The van der Waals surface area contributed by atoms with E-state index in [0.29, 0.717) is 5.56 Å². The van der Waals surface area contributed by atoms with Gasteiger partial charge in [0.25, 0.3) is 0 Å². The van der Waals surface area contributed by atoms with Gasteiger partial charge in [-0.05, 0) is 18.2 Å². The molecule has 3 rings (SSSR count). The summed E-state index contributed by atoms with van der Waals surface area (Å²) < 4.78 is 4.70. The Balaban J connectivity index is 2.36. The molecule has 0 aliphatic heterocycles. The summed E-state index contributed by atoms with van der Waals surface area (Å²) in [4.78, 5) is 15.0. The van der Waals surface area contributed by atoms with Gasteiger partial charge in [0.05, 0.1) is 7.11 Å². The summed E-state index contributed by atoms with van der Waals surface area (Å²) in [6, 6.07) is 10.1. The predicted octanol–water partition coefficient (Wildman–Crippen LogP) is 3.03. The molecule has 0 aliphatic rings. The Labute approximate surface area is 120 Å². The lowest BCUT2D eigenvalue weighted by molar-refractivity contribution is 0.0598. The number of carbonyl (C=O) groups is 1. The minimum Gasteiger partial charge on any atom is -0.507 e. The summed E-state index contributed by atoms with van der Waals surface area (Å²) in [5.74, 6) is -1.04. The molecule has 0 bridgehead atoms. The molecule has 0 amide bonds. The van der Waals surface area contributed by atoms with Crippen molar-refractivity contribution in [1.29, 1.82) is 0 Å². The fraction of sp³-hybridized carbons (Fsp3) is 0.0625. The van der Waals surface area contributed by atoms with Crippen molar-refractivity contribution in [3.63, 3.8) is 0 Å². The third-order valence-electron chi connectivity index (χ3n) is 3.41. The van der Waals surface area contributed by atoms with E-state index in [0.717, 1.165) is 10.9 Å². The molecule has 3 aromatic rings. The van der Waals surface area contributed by atoms with Crippen LogP contribution in [0.4, 0.5) is 0 Å². The summed E-state index contributed by atoms with van der Waals surface area (Å²) >= 11 is 0. The Kier molecular flexibility index (Phi) is 3.02. The third-order valence-corrected chi connectivity index (χ3v) is 3.41. The molecule has 0 aliphatic carbocycles. The Hall–Kier alpha value is -2.95. The first kappa shape index (κ1) is 13.1. The Morgan fingerprint density at radius 3 is 2.57 bits per heavy atom. The molecular weight excluding hydrogens is 270 g/mol. The highest BCUT2D eigenvalue weighted by atomic mass is 16.5. The van der Waals surface area contributed by atoms with Gasteiger partial charge in [-0.1, -0.05) is 18.2 Å². The molecule has 0 saturated heterocycles. The van der Waals surface area contributed by atoms with E-state index in [9.17, 15) is 15.0 Å². The maximum atomic E-state index is 11.9. The molecule has 1 heterocycles. The summed E-state index contributed by atoms with van der Waals surface area (Å²) in [5.41, 5.74) is 1.69. The lowest BCUT2D eigenvalue weighted by Crippen LogP contribution is -2.04. The highest BCUT2D eigenvalue weighted by molar-refractivity contribution is 6.07. The minimum atomic E-state index is -0.705. The maximum absolute atomic E-state index is 11.9. The van der Waals surface area contributed by atoms with E-state index in [1.807, 2.05) is 24.3 Å². The second-order valence-electron chi connectivity index (χ2n) is 4.59. The standard InChI is InChI=1S/C16H13NO4/c1-21-16(20)15-13(19)7-6-12(18)14(15)10-8-17-11-5-3-2-4-9(10)11/h2-8,17-19H,1H3. The second-order valence-corrected chi connectivity index (χ2v) is 4.59. The number of benzene rings is 2. The summed E-state index contributed by atoms with van der Waals surface area (Å²) in [6.45, 7) is 0. The van der Waals surface area contributed by atoms with Crippen LogP contribution >= 0.6 is 0 Å². The SMILES string of the molecule is COC(=O)c1c(O)ccc(O)c1-c1c[nH]c2ccccc12. The molecular formula is C16H13NO4. The van der Waals surface area contributed by atoms with Gasteiger partial charge in [0, 0.05) is 28.2 Å². The number of esters is 1. The molecule has 5 heteroatoms. The Bertz CT molecular complexity index is 835. The van der Waals surface area contributed by atoms with E-state index < -0.39 is 5.97 Å².